The molecule has 0 amide bonds. The Hall–Kier alpha value is -1.55. The third-order valence-corrected chi connectivity index (χ3v) is 2.17. The Morgan fingerprint density at radius 3 is 2.75 bits per heavy atom. The predicted molar refractivity (Wildman–Crippen MR) is 59.8 cm³/mol. The van der Waals surface area contributed by atoms with Gasteiger partial charge in [-0.1, -0.05) is 0 Å². The monoisotopic (exact) mass is 223 g/mol. The molecule has 0 radical (unpaired) electrons. The molecule has 0 unspecified atom stereocenters. The molecule has 1 N–H and O–H groups in total. The summed E-state index contributed by atoms with van der Waals surface area (Å²) in [6, 6.07) is 5.06. The molecule has 0 aliphatic heterocycles. The molecule has 86 valence electrons. The Bertz CT molecular complexity index is 505. The van der Waals surface area contributed by atoms with E-state index in [2.05, 4.69) is 4.98 Å². The fourth-order valence-corrected chi connectivity index (χ4v) is 1.50. The highest BCUT2D eigenvalue weighted by Gasteiger charge is 2.11. The van der Waals surface area contributed by atoms with Crippen LogP contribution in [-0.2, 0) is 4.89 Å². The van der Waals surface area contributed by atoms with E-state index >= 15 is 0 Å². The van der Waals surface area contributed by atoms with E-state index in [1.165, 1.54) is 0 Å². The quantitative estimate of drug-likeness (QED) is 0.639. The molecule has 0 saturated carbocycles. The number of nitrogens with one attached hydrogen (secondary N) is 1. The molecule has 0 bridgehead atoms. The number of rotatable bonds is 3. The van der Waals surface area contributed by atoms with Gasteiger partial charge in [-0.25, -0.2) is 4.39 Å². The van der Waals surface area contributed by atoms with Crippen molar-refractivity contribution in [2.75, 3.05) is 0 Å². The maximum absolute atomic E-state index is 13.9. The van der Waals surface area contributed by atoms with E-state index in [4.69, 9.17) is 9.78 Å². The summed E-state index contributed by atoms with van der Waals surface area (Å²) >= 11 is 0. The van der Waals surface area contributed by atoms with Crippen molar-refractivity contribution in [3.8, 4) is 5.75 Å². The molecule has 0 fully saturated rings. The highest BCUT2D eigenvalue weighted by atomic mass is 19.1. The minimum absolute atomic E-state index is 0.108. The van der Waals surface area contributed by atoms with Crippen molar-refractivity contribution in [2.24, 2.45) is 0 Å². The van der Waals surface area contributed by atoms with E-state index in [1.54, 1.807) is 18.2 Å². The Morgan fingerprint density at radius 1 is 1.31 bits per heavy atom. The number of hydrogen-bond donors (Lipinski definition) is 1. The molecule has 0 saturated heterocycles. The SMILES string of the molecule is Cc1cc2c(F)c(OOC(C)C)ccc2[nH]1. The first kappa shape index (κ1) is 11.0. The Kier molecular flexibility index (Phi) is 2.83. The van der Waals surface area contributed by atoms with Crippen LogP contribution in [-0.4, -0.2) is 11.1 Å². The van der Waals surface area contributed by atoms with Gasteiger partial charge in [0.15, 0.2) is 5.82 Å². The molecule has 1 aromatic heterocycles. The zero-order chi connectivity index (χ0) is 11.7. The summed E-state index contributed by atoms with van der Waals surface area (Å²) in [5.41, 5.74) is 1.67. The highest BCUT2D eigenvalue weighted by molar-refractivity contribution is 5.82. The van der Waals surface area contributed by atoms with Gasteiger partial charge in [0.05, 0.1) is 6.10 Å². The summed E-state index contributed by atoms with van der Waals surface area (Å²) in [7, 11) is 0. The first-order valence-corrected chi connectivity index (χ1v) is 5.19. The molecule has 1 aromatic carbocycles. The lowest BCUT2D eigenvalue weighted by Crippen LogP contribution is -2.06. The van der Waals surface area contributed by atoms with Crippen molar-refractivity contribution in [1.82, 2.24) is 4.98 Å². The van der Waals surface area contributed by atoms with Crippen molar-refractivity contribution in [3.63, 3.8) is 0 Å². The van der Waals surface area contributed by atoms with Gasteiger partial charge in [0, 0.05) is 16.6 Å². The number of aryl methyl sites for hydroxylation is 1. The van der Waals surface area contributed by atoms with E-state index in [9.17, 15) is 4.39 Å². The molecule has 2 aromatic rings. The van der Waals surface area contributed by atoms with Gasteiger partial charge >= 0.3 is 0 Å². The molecule has 0 spiro atoms. The Labute approximate surface area is 93.1 Å². The molecule has 3 nitrogen and oxygen atoms in total. The van der Waals surface area contributed by atoms with Crippen LogP contribution in [0.25, 0.3) is 10.9 Å². The molecule has 0 aliphatic rings. The zero-order valence-corrected chi connectivity index (χ0v) is 9.50. The number of hydrogen-bond acceptors (Lipinski definition) is 2. The lowest BCUT2D eigenvalue weighted by atomic mass is 10.2. The van der Waals surface area contributed by atoms with Crippen molar-refractivity contribution >= 4 is 10.9 Å². The van der Waals surface area contributed by atoms with Crippen molar-refractivity contribution in [2.45, 2.75) is 26.9 Å². The summed E-state index contributed by atoms with van der Waals surface area (Å²) in [4.78, 5) is 12.9. The third-order valence-electron chi connectivity index (χ3n) is 2.17. The van der Waals surface area contributed by atoms with E-state index in [1.807, 2.05) is 20.8 Å². The topological polar surface area (TPSA) is 34.2 Å². The lowest BCUT2D eigenvalue weighted by Gasteiger charge is -2.08. The van der Waals surface area contributed by atoms with Gasteiger partial charge in [0.1, 0.15) is 0 Å². The van der Waals surface area contributed by atoms with E-state index in [0.29, 0.717) is 5.39 Å². The summed E-state index contributed by atoms with van der Waals surface area (Å²) in [5.74, 6) is -0.289. The summed E-state index contributed by atoms with van der Waals surface area (Å²) in [5, 5.41) is 0.516. The molecule has 4 heteroatoms. The van der Waals surface area contributed by atoms with Gasteiger partial charge in [-0.2, -0.15) is 4.89 Å². The van der Waals surface area contributed by atoms with Gasteiger partial charge in [0.2, 0.25) is 5.75 Å². The van der Waals surface area contributed by atoms with Gasteiger partial charge in [-0.3, -0.25) is 0 Å². The smallest absolute Gasteiger partial charge is 0.201 e. The maximum atomic E-state index is 13.9. The fourth-order valence-electron chi connectivity index (χ4n) is 1.50. The number of benzene rings is 1. The Balaban J connectivity index is 2.36. The van der Waals surface area contributed by atoms with Crippen LogP contribution in [0, 0.1) is 12.7 Å². The van der Waals surface area contributed by atoms with Crippen molar-refractivity contribution in [1.29, 1.82) is 0 Å². The average molecular weight is 223 g/mol. The normalized spacial score (nSPS) is 11.3. The van der Waals surface area contributed by atoms with Crippen LogP contribution in [0.4, 0.5) is 4.39 Å². The van der Waals surface area contributed by atoms with Crippen LogP contribution in [0.3, 0.4) is 0 Å². The van der Waals surface area contributed by atoms with Gasteiger partial charge in [-0.15, -0.1) is 0 Å². The minimum Gasteiger partial charge on any atom is -0.359 e. The number of H-pyrrole nitrogens is 1. The van der Waals surface area contributed by atoms with Gasteiger partial charge in [-0.05, 0) is 39.0 Å². The summed E-state index contributed by atoms with van der Waals surface area (Å²) in [6.45, 7) is 5.51. The number of halogens is 1. The van der Waals surface area contributed by atoms with E-state index in [0.717, 1.165) is 11.2 Å². The number of fused-ring (bicyclic) bond motifs is 1. The van der Waals surface area contributed by atoms with E-state index < -0.39 is 5.82 Å². The highest BCUT2D eigenvalue weighted by Crippen LogP contribution is 2.27. The van der Waals surface area contributed by atoms with Crippen LogP contribution < -0.4 is 4.89 Å². The second-order valence-corrected chi connectivity index (χ2v) is 4.02. The first-order valence-electron chi connectivity index (χ1n) is 5.19. The molecular formula is C12H14FNO2. The van der Waals surface area contributed by atoms with Crippen molar-refractivity contribution in [3.05, 3.63) is 29.7 Å². The molecule has 0 aliphatic carbocycles. The molecule has 16 heavy (non-hydrogen) atoms. The maximum Gasteiger partial charge on any atom is 0.201 e. The second-order valence-electron chi connectivity index (χ2n) is 4.02. The van der Waals surface area contributed by atoms with Gasteiger partial charge < -0.3 is 9.87 Å². The van der Waals surface area contributed by atoms with Crippen molar-refractivity contribution < 1.29 is 14.2 Å². The van der Waals surface area contributed by atoms with Crippen LogP contribution in [0.2, 0.25) is 0 Å². The summed E-state index contributed by atoms with van der Waals surface area (Å²) in [6.07, 6.45) is -0.108. The van der Waals surface area contributed by atoms with E-state index in [-0.39, 0.29) is 11.9 Å². The lowest BCUT2D eigenvalue weighted by molar-refractivity contribution is -0.236. The molecule has 1 heterocycles. The fraction of sp³-hybridized carbons (Fsp3) is 0.333. The van der Waals surface area contributed by atoms with Crippen LogP contribution in [0.1, 0.15) is 19.5 Å². The first-order chi connectivity index (χ1) is 7.58. The average Bonchev–Trinajstić information content (AvgIpc) is 2.58. The number of aromatic nitrogens is 1. The predicted octanol–water partition coefficient (Wildman–Crippen LogP) is 3.33. The second kappa shape index (κ2) is 4.14. The standard InChI is InChI=1S/C12H14FNO2/c1-7(2)15-16-11-5-4-10-9(12(11)13)6-8(3)14-10/h4-7,14H,1-3H3. The number of aromatic amines is 1. The summed E-state index contributed by atoms with van der Waals surface area (Å²) < 4.78 is 13.9. The molecular weight excluding hydrogens is 209 g/mol. The van der Waals surface area contributed by atoms with Crippen LogP contribution in [0.15, 0.2) is 18.2 Å². The largest absolute Gasteiger partial charge is 0.359 e. The zero-order valence-electron chi connectivity index (χ0n) is 9.50. The van der Waals surface area contributed by atoms with Gasteiger partial charge in [0.25, 0.3) is 0 Å². The third kappa shape index (κ3) is 2.02. The molecule has 2 rings (SSSR count). The minimum atomic E-state index is -0.400. The van der Waals surface area contributed by atoms with Crippen LogP contribution >= 0.6 is 0 Å². The Morgan fingerprint density at radius 2 is 2.06 bits per heavy atom. The van der Waals surface area contributed by atoms with Crippen LogP contribution in [0.5, 0.6) is 5.75 Å². The molecule has 0 atom stereocenters.